The largest absolute Gasteiger partial charge is 0.334 e. The highest BCUT2D eigenvalue weighted by atomic mass is 15.3. The number of rotatable bonds is 3. The Hall–Kier alpha value is -5.54. The third-order valence-corrected chi connectivity index (χ3v) is 13.2. The molecule has 0 N–H and O–H groups in total. The van der Waals surface area contributed by atoms with Crippen molar-refractivity contribution in [1.82, 2.24) is 0 Å². The van der Waals surface area contributed by atoms with Gasteiger partial charge in [-0.05, 0) is 118 Å². The van der Waals surface area contributed by atoms with Crippen molar-refractivity contribution >= 4 is 62.3 Å². The Kier molecular flexibility index (Phi) is 6.01. The lowest BCUT2D eigenvalue weighted by Crippen LogP contribution is -2.56. The quantitative estimate of drug-likeness (QED) is 0.175. The second-order valence-electron chi connectivity index (χ2n) is 15.6. The summed E-state index contributed by atoms with van der Waals surface area (Å²) in [7, 11) is 0. The number of hydrogen-bond acceptors (Lipinski definition) is 2. The maximum atomic E-state index is 2.73. The summed E-state index contributed by atoms with van der Waals surface area (Å²) in [6.45, 7) is 5.23. The van der Waals surface area contributed by atoms with E-state index in [4.69, 9.17) is 0 Å². The highest BCUT2D eigenvalue weighted by Crippen LogP contribution is 2.60. The van der Waals surface area contributed by atoms with Crippen molar-refractivity contribution in [3.05, 3.63) is 157 Å². The van der Waals surface area contributed by atoms with Crippen LogP contribution in [-0.2, 0) is 5.41 Å². The lowest BCUT2D eigenvalue weighted by Gasteiger charge is -2.50. The highest BCUT2D eigenvalue weighted by molar-refractivity contribution is 7.01. The smallest absolute Gasteiger partial charge is 0.248 e. The van der Waals surface area contributed by atoms with Crippen molar-refractivity contribution in [2.24, 2.45) is 0 Å². The molecule has 0 saturated heterocycles. The molecule has 7 aromatic carbocycles. The fourth-order valence-electron chi connectivity index (χ4n) is 10.7. The summed E-state index contributed by atoms with van der Waals surface area (Å²) < 4.78 is 0. The molecular weight excluding hydrogens is 615 g/mol. The molecule has 0 aromatic heterocycles. The SMILES string of the molecule is CC12CCCCC1(C)N(c1ccc3c(c1)B1c4ccccc4N(c4ccccc4)c4cc(-c5cccc6ccccc56)cc-3c41)c1ccccc12. The fourth-order valence-corrected chi connectivity index (χ4v) is 10.7. The number of benzene rings is 7. The van der Waals surface area contributed by atoms with E-state index in [1.54, 1.807) is 0 Å². The summed E-state index contributed by atoms with van der Waals surface area (Å²) in [5, 5.41) is 2.56. The predicted molar refractivity (Wildman–Crippen MR) is 217 cm³/mol. The molecule has 1 saturated carbocycles. The van der Waals surface area contributed by atoms with Crippen molar-refractivity contribution in [3.63, 3.8) is 0 Å². The van der Waals surface area contributed by atoms with Gasteiger partial charge in [-0.1, -0.05) is 128 Å². The first-order valence-electron chi connectivity index (χ1n) is 18.7. The Balaban J connectivity index is 1.18. The summed E-state index contributed by atoms with van der Waals surface area (Å²) in [4.78, 5) is 5.25. The van der Waals surface area contributed by atoms with E-state index in [1.807, 2.05) is 0 Å². The Morgan fingerprint density at radius 3 is 2.18 bits per heavy atom. The van der Waals surface area contributed by atoms with Gasteiger partial charge < -0.3 is 9.80 Å². The van der Waals surface area contributed by atoms with Crippen LogP contribution in [0.5, 0.6) is 0 Å². The van der Waals surface area contributed by atoms with E-state index >= 15 is 0 Å². The Labute approximate surface area is 301 Å². The normalized spacial score (nSPS) is 20.9. The number of hydrogen-bond donors (Lipinski definition) is 0. The first-order chi connectivity index (χ1) is 25.0. The molecule has 2 atom stereocenters. The maximum Gasteiger partial charge on any atom is 0.248 e. The molecule has 7 aromatic rings. The van der Waals surface area contributed by atoms with E-state index < -0.39 is 0 Å². The van der Waals surface area contributed by atoms with Crippen molar-refractivity contribution in [2.75, 3.05) is 9.80 Å². The number of para-hydroxylation sites is 3. The Morgan fingerprint density at radius 2 is 1.27 bits per heavy atom. The van der Waals surface area contributed by atoms with Gasteiger partial charge in [-0.25, -0.2) is 0 Å². The van der Waals surface area contributed by atoms with Crippen molar-refractivity contribution in [3.8, 4) is 22.3 Å². The molecule has 0 radical (unpaired) electrons. The van der Waals surface area contributed by atoms with Crippen LogP contribution in [-0.4, -0.2) is 12.3 Å². The van der Waals surface area contributed by atoms with E-state index in [-0.39, 0.29) is 17.7 Å². The zero-order chi connectivity index (χ0) is 33.9. The van der Waals surface area contributed by atoms with Crippen LogP contribution in [0.15, 0.2) is 152 Å². The van der Waals surface area contributed by atoms with Crippen molar-refractivity contribution in [2.45, 2.75) is 50.5 Å². The molecule has 2 nitrogen and oxygen atoms in total. The van der Waals surface area contributed by atoms with Gasteiger partial charge in [0.15, 0.2) is 0 Å². The second-order valence-corrected chi connectivity index (χ2v) is 15.6. The van der Waals surface area contributed by atoms with Crippen LogP contribution in [0.3, 0.4) is 0 Å². The first kappa shape index (κ1) is 29.2. The van der Waals surface area contributed by atoms with Gasteiger partial charge in [0.25, 0.3) is 0 Å². The second kappa shape index (κ2) is 10.5. The minimum absolute atomic E-state index is 0.0237. The molecule has 3 heteroatoms. The molecule has 1 aliphatic carbocycles. The van der Waals surface area contributed by atoms with Crippen molar-refractivity contribution in [1.29, 1.82) is 0 Å². The summed E-state index contributed by atoms with van der Waals surface area (Å²) >= 11 is 0. The van der Waals surface area contributed by atoms with Gasteiger partial charge in [-0.3, -0.25) is 0 Å². The van der Waals surface area contributed by atoms with Gasteiger partial charge in [0.1, 0.15) is 0 Å². The third-order valence-electron chi connectivity index (χ3n) is 13.2. The summed E-state index contributed by atoms with van der Waals surface area (Å²) in [6, 6.07) is 57.2. The Bertz CT molecular complexity index is 2550. The maximum absolute atomic E-state index is 2.73. The van der Waals surface area contributed by atoms with Gasteiger partial charge in [0.05, 0.1) is 5.54 Å². The lowest BCUT2D eigenvalue weighted by atomic mass is 9.37. The van der Waals surface area contributed by atoms with Crippen LogP contribution >= 0.6 is 0 Å². The van der Waals surface area contributed by atoms with E-state index in [9.17, 15) is 0 Å². The summed E-state index contributed by atoms with van der Waals surface area (Å²) in [5.41, 5.74) is 17.6. The van der Waals surface area contributed by atoms with E-state index in [0.29, 0.717) is 0 Å². The molecule has 244 valence electrons. The van der Waals surface area contributed by atoms with E-state index in [2.05, 4.69) is 175 Å². The molecular formula is C48H39BN2. The van der Waals surface area contributed by atoms with Crippen molar-refractivity contribution < 1.29 is 0 Å². The minimum Gasteiger partial charge on any atom is -0.334 e. The molecule has 0 spiro atoms. The van der Waals surface area contributed by atoms with Gasteiger partial charge in [-0.2, -0.15) is 0 Å². The zero-order valence-electron chi connectivity index (χ0n) is 29.2. The molecule has 51 heavy (non-hydrogen) atoms. The molecule has 3 heterocycles. The third kappa shape index (κ3) is 3.84. The number of fused-ring (bicyclic) bond motifs is 9. The van der Waals surface area contributed by atoms with Crippen LogP contribution in [0.4, 0.5) is 28.4 Å². The van der Waals surface area contributed by atoms with Crippen LogP contribution in [0, 0.1) is 0 Å². The zero-order valence-corrected chi connectivity index (χ0v) is 29.2. The van der Waals surface area contributed by atoms with Gasteiger partial charge >= 0.3 is 0 Å². The number of anilines is 5. The molecule has 0 bridgehead atoms. The molecule has 0 amide bonds. The average Bonchev–Trinajstić information content (AvgIpc) is 3.61. The summed E-state index contributed by atoms with van der Waals surface area (Å²) in [6.07, 6.45) is 5.01. The minimum atomic E-state index is 0.0237. The van der Waals surface area contributed by atoms with Gasteiger partial charge in [0.2, 0.25) is 6.71 Å². The molecule has 4 aliphatic rings. The Morgan fingerprint density at radius 1 is 0.529 bits per heavy atom. The van der Waals surface area contributed by atoms with Crippen LogP contribution in [0.1, 0.15) is 45.1 Å². The average molecular weight is 655 g/mol. The predicted octanol–water partition coefficient (Wildman–Crippen LogP) is 10.5. The molecule has 3 aliphatic heterocycles. The van der Waals surface area contributed by atoms with Gasteiger partial charge in [0, 0.05) is 33.9 Å². The lowest BCUT2D eigenvalue weighted by molar-refractivity contribution is 0.195. The molecule has 2 unspecified atom stereocenters. The fraction of sp³-hybridized carbons (Fsp3) is 0.167. The topological polar surface area (TPSA) is 6.48 Å². The standard InChI is InChI=1S/C48H39BN2/c1-47-27-12-13-28-48(47,2)51(43-23-10-8-21-40(43)47)35-25-26-38-39-29-33(37-20-14-16-32-15-6-7-19-36(32)37)30-45-46(39)49(42(38)31-35)41-22-9-11-24-44(41)50(45)34-17-4-3-5-18-34/h3-11,14-26,29-31H,12-13,27-28H2,1-2H3. The molecule has 1 fully saturated rings. The van der Waals surface area contributed by atoms with E-state index in [0.717, 1.165) is 0 Å². The van der Waals surface area contributed by atoms with E-state index in [1.165, 1.54) is 109 Å². The summed E-state index contributed by atoms with van der Waals surface area (Å²) in [5.74, 6) is 0. The van der Waals surface area contributed by atoms with Crippen LogP contribution in [0.25, 0.3) is 33.0 Å². The van der Waals surface area contributed by atoms with Crippen LogP contribution in [0.2, 0.25) is 0 Å². The monoisotopic (exact) mass is 654 g/mol. The highest BCUT2D eigenvalue weighted by Gasteiger charge is 2.57. The first-order valence-corrected chi connectivity index (χ1v) is 18.7. The number of nitrogens with zero attached hydrogens (tertiary/aromatic N) is 2. The van der Waals surface area contributed by atoms with Crippen LogP contribution < -0.4 is 26.2 Å². The molecule has 11 rings (SSSR count). The van der Waals surface area contributed by atoms with Gasteiger partial charge in [-0.15, -0.1) is 0 Å².